The van der Waals surface area contributed by atoms with E-state index in [1.165, 1.54) is 11.0 Å². The normalized spacial score (nSPS) is 18.2. The Morgan fingerprint density at radius 1 is 1.44 bits per heavy atom. The third-order valence-corrected chi connectivity index (χ3v) is 3.82. The van der Waals surface area contributed by atoms with Crippen LogP contribution >= 0.6 is 11.8 Å². The van der Waals surface area contributed by atoms with Gasteiger partial charge in [0.25, 0.3) is 0 Å². The van der Waals surface area contributed by atoms with Crippen LogP contribution in [0.15, 0.2) is 6.33 Å². The lowest BCUT2D eigenvalue weighted by Gasteiger charge is -2.33. The molecule has 0 saturated carbocycles. The van der Waals surface area contributed by atoms with E-state index < -0.39 is 17.4 Å². The summed E-state index contributed by atoms with van der Waals surface area (Å²) in [6.45, 7) is -0.0742. The summed E-state index contributed by atoms with van der Waals surface area (Å²) in [4.78, 5) is 23.1. The largest absolute Gasteiger partial charge is 0.480 e. The van der Waals surface area contributed by atoms with E-state index in [1.54, 1.807) is 11.8 Å². The number of tetrazole rings is 1. The van der Waals surface area contributed by atoms with Crippen LogP contribution in [0.1, 0.15) is 12.8 Å². The van der Waals surface area contributed by atoms with Crippen molar-refractivity contribution in [3.05, 3.63) is 6.33 Å². The summed E-state index contributed by atoms with van der Waals surface area (Å²) in [5, 5.41) is 22.3. The number of amides is 1. The number of hydrogen-bond donors (Lipinski definition) is 2. The zero-order chi connectivity index (χ0) is 13.0. The van der Waals surface area contributed by atoms with Crippen molar-refractivity contribution in [1.29, 1.82) is 0 Å². The molecule has 0 spiro atoms. The Hall–Kier alpha value is -1.64. The van der Waals surface area contributed by atoms with Crippen LogP contribution in [0.25, 0.3) is 0 Å². The molecule has 0 radical (unpaired) electrons. The Morgan fingerprint density at radius 2 is 2.17 bits per heavy atom. The first kappa shape index (κ1) is 12.8. The summed E-state index contributed by atoms with van der Waals surface area (Å²) in [6.07, 6.45) is 2.19. The smallest absolute Gasteiger partial charge is 0.329 e. The molecule has 1 fully saturated rings. The van der Waals surface area contributed by atoms with E-state index in [0.717, 1.165) is 11.5 Å². The fraction of sp³-hybridized carbons (Fsp3) is 0.667. The van der Waals surface area contributed by atoms with Gasteiger partial charge in [-0.15, -0.1) is 5.10 Å². The second-order valence-electron chi connectivity index (χ2n) is 4.06. The Labute approximate surface area is 107 Å². The van der Waals surface area contributed by atoms with Gasteiger partial charge in [-0.1, -0.05) is 0 Å². The van der Waals surface area contributed by atoms with E-state index in [1.807, 2.05) is 0 Å². The van der Waals surface area contributed by atoms with Gasteiger partial charge in [0, 0.05) is 0 Å². The minimum absolute atomic E-state index is 0.0742. The molecule has 0 aliphatic carbocycles. The molecule has 1 aromatic heterocycles. The maximum Gasteiger partial charge on any atom is 0.329 e. The molecule has 18 heavy (non-hydrogen) atoms. The lowest BCUT2D eigenvalue weighted by molar-refractivity contribution is -0.148. The average Bonchev–Trinajstić information content (AvgIpc) is 2.82. The van der Waals surface area contributed by atoms with Crippen LogP contribution in [0.5, 0.6) is 0 Å². The number of carboxylic acids is 1. The lowest BCUT2D eigenvalue weighted by atomic mass is 9.92. The molecule has 0 unspecified atom stereocenters. The van der Waals surface area contributed by atoms with Crippen molar-refractivity contribution in [3.63, 3.8) is 0 Å². The molecule has 1 aliphatic rings. The summed E-state index contributed by atoms with van der Waals surface area (Å²) in [5.74, 6) is 0.0963. The molecule has 1 aliphatic heterocycles. The van der Waals surface area contributed by atoms with Crippen LogP contribution in [-0.4, -0.2) is 54.2 Å². The molecule has 0 bridgehead atoms. The first-order valence-corrected chi connectivity index (χ1v) is 6.61. The predicted molar refractivity (Wildman–Crippen MR) is 62.9 cm³/mol. The number of carbonyl (C=O) groups is 2. The maximum atomic E-state index is 11.8. The third kappa shape index (κ3) is 2.78. The summed E-state index contributed by atoms with van der Waals surface area (Å²) in [5.41, 5.74) is -1.14. The molecule has 1 aromatic rings. The topological polar surface area (TPSA) is 110 Å². The van der Waals surface area contributed by atoms with Crippen molar-refractivity contribution in [3.8, 4) is 0 Å². The number of nitrogens with zero attached hydrogens (tertiary/aromatic N) is 4. The molecule has 2 rings (SSSR count). The van der Waals surface area contributed by atoms with Gasteiger partial charge in [0.15, 0.2) is 0 Å². The summed E-state index contributed by atoms with van der Waals surface area (Å²) >= 11 is 1.69. The van der Waals surface area contributed by atoms with Crippen LogP contribution < -0.4 is 5.32 Å². The second-order valence-corrected chi connectivity index (χ2v) is 5.28. The molecular weight excluding hydrogens is 258 g/mol. The number of rotatable bonds is 4. The summed E-state index contributed by atoms with van der Waals surface area (Å²) < 4.78 is 1.25. The molecule has 9 heteroatoms. The molecule has 8 nitrogen and oxygen atoms in total. The van der Waals surface area contributed by atoms with Crippen molar-refractivity contribution in [2.75, 3.05) is 11.5 Å². The summed E-state index contributed by atoms with van der Waals surface area (Å²) in [6, 6.07) is 0. The standard InChI is InChI=1S/C9H13N5O3S/c15-7(5-14-6-10-12-13-14)11-9(8(16)17)1-3-18-4-2-9/h6H,1-5H2,(H,11,15)(H,16,17). The first-order valence-electron chi connectivity index (χ1n) is 5.45. The number of aromatic nitrogens is 4. The van der Waals surface area contributed by atoms with Crippen molar-refractivity contribution < 1.29 is 14.7 Å². The SMILES string of the molecule is O=C(Cn1cnnn1)NC1(C(=O)O)CCSCC1. The molecule has 0 atom stereocenters. The first-order chi connectivity index (χ1) is 8.62. The van der Waals surface area contributed by atoms with Crippen molar-refractivity contribution >= 4 is 23.6 Å². The third-order valence-electron chi connectivity index (χ3n) is 2.83. The van der Waals surface area contributed by atoms with Gasteiger partial charge in [-0.3, -0.25) is 4.79 Å². The second kappa shape index (κ2) is 5.34. The van der Waals surface area contributed by atoms with Gasteiger partial charge >= 0.3 is 5.97 Å². The minimum atomic E-state index is -1.14. The average molecular weight is 271 g/mol. The van der Waals surface area contributed by atoms with E-state index in [0.29, 0.717) is 12.8 Å². The highest BCUT2D eigenvalue weighted by Gasteiger charge is 2.41. The Balaban J connectivity index is 2.00. The number of carboxylic acid groups (broad SMARTS) is 1. The van der Waals surface area contributed by atoms with Crippen LogP contribution in [0, 0.1) is 0 Å². The van der Waals surface area contributed by atoms with E-state index in [2.05, 4.69) is 20.8 Å². The summed E-state index contributed by atoms with van der Waals surface area (Å²) in [7, 11) is 0. The van der Waals surface area contributed by atoms with Crippen LogP contribution in [-0.2, 0) is 16.1 Å². The number of thioether (sulfide) groups is 1. The van der Waals surface area contributed by atoms with Gasteiger partial charge < -0.3 is 10.4 Å². The molecule has 1 amide bonds. The number of nitrogens with one attached hydrogen (secondary N) is 1. The fourth-order valence-corrected chi connectivity index (χ4v) is 3.01. The van der Waals surface area contributed by atoms with E-state index in [-0.39, 0.29) is 6.54 Å². The number of hydrogen-bond acceptors (Lipinski definition) is 6. The molecule has 2 N–H and O–H groups in total. The van der Waals surface area contributed by atoms with Crippen LogP contribution in [0.3, 0.4) is 0 Å². The van der Waals surface area contributed by atoms with Gasteiger partial charge in [0.05, 0.1) is 0 Å². The Morgan fingerprint density at radius 3 is 2.72 bits per heavy atom. The Kier molecular flexibility index (Phi) is 3.80. The zero-order valence-corrected chi connectivity index (χ0v) is 10.4. The molecule has 0 aromatic carbocycles. The highest BCUT2D eigenvalue weighted by Crippen LogP contribution is 2.27. The van der Waals surface area contributed by atoms with Gasteiger partial charge in [-0.2, -0.15) is 11.8 Å². The highest BCUT2D eigenvalue weighted by atomic mass is 32.2. The predicted octanol–water partition coefficient (Wildman–Crippen LogP) is -0.860. The minimum Gasteiger partial charge on any atom is -0.480 e. The van der Waals surface area contributed by atoms with Crippen molar-refractivity contribution in [1.82, 2.24) is 25.5 Å². The monoisotopic (exact) mass is 271 g/mol. The van der Waals surface area contributed by atoms with E-state index >= 15 is 0 Å². The van der Waals surface area contributed by atoms with Gasteiger partial charge in [-0.25, -0.2) is 9.48 Å². The maximum absolute atomic E-state index is 11.8. The zero-order valence-electron chi connectivity index (χ0n) is 9.57. The molecule has 2 heterocycles. The highest BCUT2D eigenvalue weighted by molar-refractivity contribution is 7.99. The molecule has 98 valence electrons. The quantitative estimate of drug-likeness (QED) is 0.733. The van der Waals surface area contributed by atoms with Crippen LogP contribution in [0.2, 0.25) is 0 Å². The van der Waals surface area contributed by atoms with Crippen LogP contribution in [0.4, 0.5) is 0 Å². The lowest BCUT2D eigenvalue weighted by Crippen LogP contribution is -2.57. The molecule has 1 saturated heterocycles. The number of aliphatic carboxylic acids is 1. The molecular formula is C9H13N5O3S. The van der Waals surface area contributed by atoms with E-state index in [9.17, 15) is 14.7 Å². The van der Waals surface area contributed by atoms with E-state index in [4.69, 9.17) is 0 Å². The van der Waals surface area contributed by atoms with Gasteiger partial charge in [0.1, 0.15) is 18.4 Å². The Bertz CT molecular complexity index is 429. The van der Waals surface area contributed by atoms with Crippen molar-refractivity contribution in [2.24, 2.45) is 0 Å². The number of carbonyl (C=O) groups excluding carboxylic acids is 1. The van der Waals surface area contributed by atoms with Gasteiger partial charge in [-0.05, 0) is 34.8 Å². The van der Waals surface area contributed by atoms with Crippen molar-refractivity contribution in [2.45, 2.75) is 24.9 Å². The fourth-order valence-electron chi connectivity index (χ4n) is 1.82. The van der Waals surface area contributed by atoms with Gasteiger partial charge in [0.2, 0.25) is 5.91 Å².